The summed E-state index contributed by atoms with van der Waals surface area (Å²) in [6, 6.07) is 6.29. The zero-order valence-corrected chi connectivity index (χ0v) is 12.8. The highest BCUT2D eigenvalue weighted by Crippen LogP contribution is 2.32. The highest BCUT2D eigenvalue weighted by atomic mass is 32.2. The number of ketones is 1. The number of aryl methyl sites for hydroxylation is 2. The van der Waals surface area contributed by atoms with Crippen LogP contribution >= 0.6 is 11.8 Å². The Morgan fingerprint density at radius 3 is 2.90 bits per heavy atom. The SMILES string of the molecule is CCNC(=O)C1=C(Nc2ccc3c(c2)CCC3)SCC1=O. The highest BCUT2D eigenvalue weighted by molar-refractivity contribution is 8.04. The second-order valence-corrected chi connectivity index (χ2v) is 6.22. The van der Waals surface area contributed by atoms with Gasteiger partial charge in [0.1, 0.15) is 5.57 Å². The summed E-state index contributed by atoms with van der Waals surface area (Å²) in [5, 5.41) is 6.63. The number of likely N-dealkylation sites (N-methyl/N-ethyl adjacent to an activating group) is 1. The maximum absolute atomic E-state index is 12.0. The predicted molar refractivity (Wildman–Crippen MR) is 85.3 cm³/mol. The molecule has 1 heterocycles. The maximum Gasteiger partial charge on any atom is 0.257 e. The fourth-order valence-electron chi connectivity index (χ4n) is 2.77. The van der Waals surface area contributed by atoms with Crippen LogP contribution in [0.2, 0.25) is 0 Å². The van der Waals surface area contributed by atoms with Crippen molar-refractivity contribution in [3.05, 3.63) is 39.9 Å². The molecule has 3 rings (SSSR count). The molecule has 0 saturated heterocycles. The third-order valence-electron chi connectivity index (χ3n) is 3.77. The van der Waals surface area contributed by atoms with E-state index in [2.05, 4.69) is 22.8 Å². The van der Waals surface area contributed by atoms with Crippen molar-refractivity contribution in [1.29, 1.82) is 0 Å². The Balaban J connectivity index is 1.85. The largest absolute Gasteiger partial charge is 0.352 e. The second-order valence-electron chi connectivity index (χ2n) is 5.24. The molecule has 4 nitrogen and oxygen atoms in total. The summed E-state index contributed by atoms with van der Waals surface area (Å²) in [5.74, 6) is -0.0505. The van der Waals surface area contributed by atoms with Crippen LogP contribution in [-0.4, -0.2) is 24.0 Å². The summed E-state index contributed by atoms with van der Waals surface area (Å²) in [5.41, 5.74) is 4.00. The molecular weight excluding hydrogens is 284 g/mol. The maximum atomic E-state index is 12.0. The first-order chi connectivity index (χ1) is 10.2. The van der Waals surface area contributed by atoms with Gasteiger partial charge in [-0.05, 0) is 49.4 Å². The number of benzene rings is 1. The van der Waals surface area contributed by atoms with Gasteiger partial charge in [0.15, 0.2) is 5.78 Å². The van der Waals surface area contributed by atoms with Crippen molar-refractivity contribution in [2.75, 3.05) is 17.6 Å². The van der Waals surface area contributed by atoms with Crippen LogP contribution in [-0.2, 0) is 22.4 Å². The smallest absolute Gasteiger partial charge is 0.257 e. The zero-order chi connectivity index (χ0) is 14.8. The summed E-state index contributed by atoms with van der Waals surface area (Å²) in [6.45, 7) is 2.37. The van der Waals surface area contributed by atoms with Crippen molar-refractivity contribution in [2.24, 2.45) is 0 Å². The zero-order valence-electron chi connectivity index (χ0n) is 12.0. The van der Waals surface area contributed by atoms with Crippen LogP contribution in [0, 0.1) is 0 Å². The number of Topliss-reactive ketones (excluding diaryl/α,β-unsaturated/α-hetero) is 1. The molecule has 5 heteroatoms. The Kier molecular flexibility index (Phi) is 4.01. The van der Waals surface area contributed by atoms with E-state index in [1.807, 2.05) is 13.0 Å². The lowest BCUT2D eigenvalue weighted by atomic mass is 10.1. The van der Waals surface area contributed by atoms with Crippen LogP contribution in [0.25, 0.3) is 0 Å². The van der Waals surface area contributed by atoms with Crippen molar-refractivity contribution in [3.63, 3.8) is 0 Å². The molecule has 2 aliphatic rings. The van der Waals surface area contributed by atoms with E-state index < -0.39 is 0 Å². The first-order valence-corrected chi connectivity index (χ1v) is 8.25. The molecule has 2 N–H and O–H groups in total. The lowest BCUT2D eigenvalue weighted by Gasteiger charge is -2.10. The molecule has 0 spiro atoms. The van der Waals surface area contributed by atoms with Crippen LogP contribution in [0.3, 0.4) is 0 Å². The van der Waals surface area contributed by atoms with E-state index in [0.717, 1.165) is 18.5 Å². The van der Waals surface area contributed by atoms with Gasteiger partial charge in [0.05, 0.1) is 10.8 Å². The molecule has 0 fully saturated rings. The molecule has 1 aromatic carbocycles. The van der Waals surface area contributed by atoms with E-state index in [-0.39, 0.29) is 17.3 Å². The third kappa shape index (κ3) is 2.83. The highest BCUT2D eigenvalue weighted by Gasteiger charge is 2.29. The minimum Gasteiger partial charge on any atom is -0.352 e. The van der Waals surface area contributed by atoms with E-state index >= 15 is 0 Å². The van der Waals surface area contributed by atoms with Gasteiger partial charge >= 0.3 is 0 Å². The number of hydrogen-bond acceptors (Lipinski definition) is 4. The van der Waals surface area contributed by atoms with E-state index in [1.165, 1.54) is 29.3 Å². The molecular formula is C16H18N2O2S. The Bertz CT molecular complexity index is 637. The predicted octanol–water partition coefficient (Wildman–Crippen LogP) is 2.25. The first kappa shape index (κ1) is 14.2. The van der Waals surface area contributed by atoms with Gasteiger partial charge in [-0.2, -0.15) is 0 Å². The lowest BCUT2D eigenvalue weighted by Crippen LogP contribution is -2.28. The molecule has 1 aliphatic heterocycles. The van der Waals surface area contributed by atoms with Crippen molar-refractivity contribution >= 4 is 29.1 Å². The summed E-state index contributed by atoms with van der Waals surface area (Å²) in [6.07, 6.45) is 3.47. The fourth-order valence-corrected chi connectivity index (χ4v) is 3.73. The number of hydrogen-bond donors (Lipinski definition) is 2. The molecule has 1 aliphatic carbocycles. The molecule has 110 valence electrons. The summed E-state index contributed by atoms with van der Waals surface area (Å²) in [7, 11) is 0. The first-order valence-electron chi connectivity index (χ1n) is 7.26. The minimum atomic E-state index is -0.281. The van der Waals surface area contributed by atoms with Gasteiger partial charge in [-0.25, -0.2) is 0 Å². The van der Waals surface area contributed by atoms with Gasteiger partial charge in [-0.3, -0.25) is 9.59 Å². The van der Waals surface area contributed by atoms with Crippen molar-refractivity contribution in [2.45, 2.75) is 26.2 Å². The van der Waals surface area contributed by atoms with Gasteiger partial charge < -0.3 is 10.6 Å². The monoisotopic (exact) mass is 302 g/mol. The van der Waals surface area contributed by atoms with Crippen molar-refractivity contribution in [1.82, 2.24) is 5.32 Å². The molecule has 0 bridgehead atoms. The van der Waals surface area contributed by atoms with Crippen LogP contribution in [0.4, 0.5) is 5.69 Å². The Morgan fingerprint density at radius 1 is 1.29 bits per heavy atom. The molecule has 0 unspecified atom stereocenters. The van der Waals surface area contributed by atoms with E-state index in [0.29, 0.717) is 17.3 Å². The number of anilines is 1. The van der Waals surface area contributed by atoms with Crippen LogP contribution < -0.4 is 10.6 Å². The summed E-state index contributed by atoms with van der Waals surface area (Å²) >= 11 is 1.40. The molecule has 0 aromatic heterocycles. The summed E-state index contributed by atoms with van der Waals surface area (Å²) in [4.78, 5) is 23.9. The van der Waals surface area contributed by atoms with Crippen molar-refractivity contribution in [3.8, 4) is 0 Å². The third-order valence-corrected chi connectivity index (χ3v) is 4.78. The molecule has 21 heavy (non-hydrogen) atoms. The number of rotatable bonds is 4. The van der Waals surface area contributed by atoms with Gasteiger partial charge in [0, 0.05) is 12.2 Å². The van der Waals surface area contributed by atoms with Crippen LogP contribution in [0.1, 0.15) is 24.5 Å². The van der Waals surface area contributed by atoms with E-state index in [9.17, 15) is 9.59 Å². The normalized spacial score (nSPS) is 17.1. The number of nitrogens with one attached hydrogen (secondary N) is 2. The Hall–Kier alpha value is -1.75. The number of carbonyl (C=O) groups excluding carboxylic acids is 2. The molecule has 1 aromatic rings. The van der Waals surface area contributed by atoms with Crippen LogP contribution in [0.15, 0.2) is 28.8 Å². The number of carbonyl (C=O) groups is 2. The van der Waals surface area contributed by atoms with Gasteiger partial charge in [0.2, 0.25) is 0 Å². The molecule has 0 atom stereocenters. The molecule has 1 amide bonds. The second kappa shape index (κ2) is 5.93. The molecule has 0 saturated carbocycles. The van der Waals surface area contributed by atoms with Gasteiger partial charge in [-0.15, -0.1) is 0 Å². The summed E-state index contributed by atoms with van der Waals surface area (Å²) < 4.78 is 0. The number of amides is 1. The van der Waals surface area contributed by atoms with Gasteiger partial charge in [0.25, 0.3) is 5.91 Å². The van der Waals surface area contributed by atoms with E-state index in [4.69, 9.17) is 0 Å². The van der Waals surface area contributed by atoms with Crippen molar-refractivity contribution < 1.29 is 9.59 Å². The lowest BCUT2D eigenvalue weighted by molar-refractivity contribution is -0.121. The van der Waals surface area contributed by atoms with E-state index in [1.54, 1.807) is 0 Å². The minimum absolute atomic E-state index is 0.102. The quantitative estimate of drug-likeness (QED) is 0.838. The average Bonchev–Trinajstić information content (AvgIpc) is 3.05. The Morgan fingerprint density at radius 2 is 2.10 bits per heavy atom. The average molecular weight is 302 g/mol. The molecule has 0 radical (unpaired) electrons. The topological polar surface area (TPSA) is 58.2 Å². The van der Waals surface area contributed by atoms with Gasteiger partial charge in [-0.1, -0.05) is 17.8 Å². The number of thioether (sulfide) groups is 1. The Labute approximate surface area is 128 Å². The van der Waals surface area contributed by atoms with Crippen LogP contribution in [0.5, 0.6) is 0 Å². The fraction of sp³-hybridized carbons (Fsp3) is 0.375. The standard InChI is InChI=1S/C16H18N2O2S/c1-2-17-15(20)14-13(19)9-21-16(14)18-12-7-6-10-4-3-5-11(10)8-12/h6-8,18H,2-5,9H2,1H3,(H,17,20). The number of fused-ring (bicyclic) bond motifs is 1.